The van der Waals surface area contributed by atoms with Crippen LogP contribution in [0.1, 0.15) is 11.1 Å². The Morgan fingerprint density at radius 3 is 1.48 bits per heavy atom. The van der Waals surface area contributed by atoms with E-state index in [-0.39, 0.29) is 6.71 Å². The molecule has 3 heteroatoms. The standard InChI is InChI=1S/C49H31BO2/c1-3-12-31(13-4-1)35-26-39(33-14-5-2-6-15-33)42-30-41-37(16-11-17-38(41)40(42)27-35)34-24-22-32(23-25-34)36-28-47-49-48(29-36)52-46-21-10-8-19-44(46)50(49)43-18-7-9-20-45(43)51-47/h1-29H,30H2. The third-order valence-electron chi connectivity index (χ3n) is 11.1. The van der Waals surface area contributed by atoms with Crippen molar-refractivity contribution in [2.24, 2.45) is 0 Å². The van der Waals surface area contributed by atoms with Gasteiger partial charge in [0.1, 0.15) is 23.0 Å². The first-order chi connectivity index (χ1) is 25.8. The van der Waals surface area contributed by atoms with E-state index in [1.54, 1.807) is 0 Å². The van der Waals surface area contributed by atoms with Gasteiger partial charge in [0.05, 0.1) is 0 Å². The van der Waals surface area contributed by atoms with Crippen LogP contribution in [0.3, 0.4) is 0 Å². The van der Waals surface area contributed by atoms with Crippen molar-refractivity contribution in [2.75, 3.05) is 0 Å². The molecule has 1 aliphatic carbocycles. The lowest BCUT2D eigenvalue weighted by Crippen LogP contribution is -2.57. The Bertz CT molecular complexity index is 2630. The minimum absolute atomic E-state index is 0.0757. The molecule has 0 radical (unpaired) electrons. The third kappa shape index (κ3) is 4.53. The van der Waals surface area contributed by atoms with Crippen molar-refractivity contribution in [2.45, 2.75) is 6.42 Å². The maximum Gasteiger partial charge on any atom is 0.260 e. The van der Waals surface area contributed by atoms with Crippen LogP contribution in [0.5, 0.6) is 23.0 Å². The molecule has 3 aliphatic rings. The second-order valence-electron chi connectivity index (χ2n) is 14.0. The molecule has 8 aromatic rings. The first kappa shape index (κ1) is 29.2. The zero-order valence-corrected chi connectivity index (χ0v) is 28.3. The van der Waals surface area contributed by atoms with Gasteiger partial charge in [-0.15, -0.1) is 0 Å². The van der Waals surface area contributed by atoms with Gasteiger partial charge in [-0.25, -0.2) is 0 Å². The summed E-state index contributed by atoms with van der Waals surface area (Å²) in [6, 6.07) is 63.2. The van der Waals surface area contributed by atoms with Crippen molar-refractivity contribution in [1.82, 2.24) is 0 Å². The molecule has 2 heterocycles. The van der Waals surface area contributed by atoms with Crippen molar-refractivity contribution >= 4 is 23.1 Å². The van der Waals surface area contributed by atoms with E-state index >= 15 is 0 Å². The largest absolute Gasteiger partial charge is 0.458 e. The van der Waals surface area contributed by atoms with Gasteiger partial charge in [-0.2, -0.15) is 0 Å². The van der Waals surface area contributed by atoms with Crippen LogP contribution in [0.2, 0.25) is 0 Å². The Hall–Kier alpha value is -6.58. The summed E-state index contributed by atoms with van der Waals surface area (Å²) < 4.78 is 13.1. The highest BCUT2D eigenvalue weighted by Gasteiger charge is 2.40. The molecule has 0 saturated heterocycles. The SMILES string of the molecule is c1ccc(-c2cc(-c3ccccc3)c3c(c2)-c2cccc(-c4ccc(-c5cc6c7c(c5)Oc5ccccc5B7c5ccccc5O6)cc4)c2C3)cc1. The van der Waals surface area contributed by atoms with E-state index < -0.39 is 0 Å². The number of fused-ring (bicyclic) bond motifs is 7. The molecule has 8 aromatic carbocycles. The number of benzene rings is 8. The molecule has 0 unspecified atom stereocenters. The normalized spacial score (nSPS) is 12.8. The zero-order valence-electron chi connectivity index (χ0n) is 28.3. The zero-order chi connectivity index (χ0) is 34.2. The highest BCUT2D eigenvalue weighted by atomic mass is 16.5. The maximum atomic E-state index is 6.57. The molecule has 0 fully saturated rings. The molecule has 0 bridgehead atoms. The lowest BCUT2D eigenvalue weighted by atomic mass is 9.35. The van der Waals surface area contributed by atoms with Crippen LogP contribution >= 0.6 is 0 Å². The van der Waals surface area contributed by atoms with Crippen LogP contribution < -0.4 is 25.9 Å². The number of hydrogen-bond donors (Lipinski definition) is 0. The highest BCUT2D eigenvalue weighted by Crippen LogP contribution is 2.47. The van der Waals surface area contributed by atoms with Gasteiger partial charge in [0.25, 0.3) is 6.71 Å². The Balaban J connectivity index is 0.985. The fourth-order valence-electron chi connectivity index (χ4n) is 8.65. The third-order valence-corrected chi connectivity index (χ3v) is 11.1. The second kappa shape index (κ2) is 11.5. The molecule has 0 atom stereocenters. The van der Waals surface area contributed by atoms with Crippen LogP contribution in [0.4, 0.5) is 0 Å². The predicted octanol–water partition coefficient (Wildman–Crippen LogP) is 10.7. The predicted molar refractivity (Wildman–Crippen MR) is 214 cm³/mol. The van der Waals surface area contributed by atoms with Crippen molar-refractivity contribution in [3.63, 3.8) is 0 Å². The van der Waals surface area contributed by atoms with Crippen molar-refractivity contribution in [1.29, 1.82) is 0 Å². The quantitative estimate of drug-likeness (QED) is 0.175. The molecule has 242 valence electrons. The fraction of sp³-hybridized carbons (Fsp3) is 0.0204. The smallest absolute Gasteiger partial charge is 0.260 e. The Morgan fingerprint density at radius 1 is 0.327 bits per heavy atom. The van der Waals surface area contributed by atoms with Crippen LogP contribution in [0.25, 0.3) is 55.6 Å². The lowest BCUT2D eigenvalue weighted by molar-refractivity contribution is 0.465. The summed E-state index contributed by atoms with van der Waals surface area (Å²) in [7, 11) is 0. The average Bonchev–Trinajstić information content (AvgIpc) is 3.60. The highest BCUT2D eigenvalue weighted by molar-refractivity contribution is 6.98. The van der Waals surface area contributed by atoms with Gasteiger partial charge >= 0.3 is 0 Å². The molecule has 0 spiro atoms. The minimum Gasteiger partial charge on any atom is -0.458 e. The van der Waals surface area contributed by atoms with Gasteiger partial charge in [0.15, 0.2) is 0 Å². The second-order valence-corrected chi connectivity index (χ2v) is 14.0. The van der Waals surface area contributed by atoms with Crippen LogP contribution in [0, 0.1) is 0 Å². The Labute approximate surface area is 303 Å². The van der Waals surface area contributed by atoms with E-state index in [0.717, 1.165) is 46.0 Å². The number of rotatable bonds is 4. The molecular formula is C49H31BO2. The number of para-hydroxylation sites is 2. The van der Waals surface area contributed by atoms with Gasteiger partial charge in [0.2, 0.25) is 0 Å². The summed E-state index contributed by atoms with van der Waals surface area (Å²) in [6.45, 7) is 0.0757. The van der Waals surface area contributed by atoms with Crippen molar-refractivity contribution < 1.29 is 9.47 Å². The van der Waals surface area contributed by atoms with E-state index in [0.29, 0.717) is 0 Å². The van der Waals surface area contributed by atoms with Crippen LogP contribution in [0.15, 0.2) is 176 Å². The monoisotopic (exact) mass is 662 g/mol. The van der Waals surface area contributed by atoms with E-state index in [9.17, 15) is 0 Å². The van der Waals surface area contributed by atoms with Gasteiger partial charge in [-0.1, -0.05) is 140 Å². The topological polar surface area (TPSA) is 18.5 Å². The Kier molecular flexibility index (Phi) is 6.44. The van der Waals surface area contributed by atoms with Gasteiger partial charge in [0, 0.05) is 5.46 Å². The van der Waals surface area contributed by atoms with Crippen molar-refractivity contribution in [3.05, 3.63) is 187 Å². The molecule has 0 amide bonds. The lowest BCUT2D eigenvalue weighted by Gasteiger charge is -2.33. The molecule has 2 aliphatic heterocycles. The Morgan fingerprint density at radius 2 is 0.808 bits per heavy atom. The van der Waals surface area contributed by atoms with Crippen molar-refractivity contribution in [3.8, 4) is 78.6 Å². The average molecular weight is 663 g/mol. The minimum atomic E-state index is 0.0757. The summed E-state index contributed by atoms with van der Waals surface area (Å²) >= 11 is 0. The maximum absolute atomic E-state index is 6.57. The summed E-state index contributed by atoms with van der Waals surface area (Å²) in [5, 5.41) is 0. The van der Waals surface area contributed by atoms with E-state index in [1.807, 2.05) is 12.1 Å². The van der Waals surface area contributed by atoms with Gasteiger partial charge < -0.3 is 9.47 Å². The summed E-state index contributed by atoms with van der Waals surface area (Å²) in [5.41, 5.74) is 18.6. The van der Waals surface area contributed by atoms with Crippen LogP contribution in [-0.4, -0.2) is 6.71 Å². The summed E-state index contributed by atoms with van der Waals surface area (Å²) in [5.74, 6) is 3.52. The molecule has 0 saturated carbocycles. The first-order valence-electron chi connectivity index (χ1n) is 18.0. The van der Waals surface area contributed by atoms with E-state index in [1.165, 1.54) is 66.6 Å². The summed E-state index contributed by atoms with van der Waals surface area (Å²) in [4.78, 5) is 0. The number of hydrogen-bond acceptors (Lipinski definition) is 2. The molecule has 0 aromatic heterocycles. The van der Waals surface area contributed by atoms with E-state index in [4.69, 9.17) is 9.47 Å². The molecule has 52 heavy (non-hydrogen) atoms. The first-order valence-corrected chi connectivity index (χ1v) is 18.0. The van der Waals surface area contributed by atoms with E-state index in [2.05, 4.69) is 164 Å². The molecular weight excluding hydrogens is 631 g/mol. The van der Waals surface area contributed by atoms with Crippen LogP contribution in [-0.2, 0) is 6.42 Å². The van der Waals surface area contributed by atoms with Gasteiger partial charge in [-0.3, -0.25) is 0 Å². The molecule has 0 N–H and O–H groups in total. The fourth-order valence-corrected chi connectivity index (χ4v) is 8.65. The number of ether oxygens (including phenoxy) is 2. The molecule has 2 nitrogen and oxygen atoms in total. The molecule has 11 rings (SSSR count). The summed E-state index contributed by atoms with van der Waals surface area (Å²) in [6.07, 6.45) is 0.898. The van der Waals surface area contributed by atoms with Gasteiger partial charge in [-0.05, 0) is 121 Å².